The summed E-state index contributed by atoms with van der Waals surface area (Å²) in [5, 5.41) is 3.68. The Hall–Kier alpha value is -1.64. The Bertz CT molecular complexity index is 623. The van der Waals surface area contributed by atoms with E-state index in [-0.39, 0.29) is 5.41 Å². The first-order valence-electron chi connectivity index (χ1n) is 11.1. The van der Waals surface area contributed by atoms with E-state index in [0.717, 1.165) is 19.6 Å². The van der Waals surface area contributed by atoms with Gasteiger partial charge in [0.25, 0.3) is 0 Å². The van der Waals surface area contributed by atoms with Crippen LogP contribution in [0.1, 0.15) is 56.6 Å². The summed E-state index contributed by atoms with van der Waals surface area (Å²) in [7, 11) is 4.43. The molecular formula is C26H40N2. The summed E-state index contributed by atoms with van der Waals surface area (Å²) >= 11 is 0. The molecule has 0 radical (unpaired) electrons. The van der Waals surface area contributed by atoms with E-state index in [0.29, 0.717) is 0 Å². The molecule has 0 amide bonds. The average Bonchev–Trinajstić information content (AvgIpc) is 2.72. The predicted molar refractivity (Wildman–Crippen MR) is 123 cm³/mol. The van der Waals surface area contributed by atoms with Crippen LogP contribution in [-0.4, -0.2) is 38.6 Å². The molecule has 0 saturated heterocycles. The Morgan fingerprint density at radius 3 is 2.04 bits per heavy atom. The normalized spacial score (nSPS) is 13.6. The van der Waals surface area contributed by atoms with Gasteiger partial charge in [-0.05, 0) is 70.4 Å². The SMILES string of the molecule is CCCCC(CCCNCCCc1ccccc1)(CN(C)C)c1ccccc1. The van der Waals surface area contributed by atoms with Gasteiger partial charge in [0.05, 0.1) is 0 Å². The standard InChI is InChI=1S/C26H40N2/c1-4-5-19-26(23-28(2)3,25-17-10-7-11-18-25)20-13-22-27-21-12-16-24-14-8-6-9-15-24/h6-11,14-15,17-18,27H,4-5,12-13,16,19-23H2,1-3H3. The van der Waals surface area contributed by atoms with Crippen LogP contribution >= 0.6 is 0 Å². The van der Waals surface area contributed by atoms with E-state index >= 15 is 0 Å². The van der Waals surface area contributed by atoms with E-state index in [1.54, 1.807) is 0 Å². The van der Waals surface area contributed by atoms with Crippen LogP contribution in [0.25, 0.3) is 0 Å². The molecule has 2 aromatic rings. The second-order valence-electron chi connectivity index (χ2n) is 8.43. The van der Waals surface area contributed by atoms with Gasteiger partial charge < -0.3 is 10.2 Å². The third-order valence-electron chi connectivity index (χ3n) is 5.68. The first-order chi connectivity index (χ1) is 13.7. The molecule has 154 valence electrons. The Morgan fingerprint density at radius 1 is 0.786 bits per heavy atom. The molecule has 0 bridgehead atoms. The third-order valence-corrected chi connectivity index (χ3v) is 5.68. The number of unbranched alkanes of at least 4 members (excludes halogenated alkanes) is 1. The van der Waals surface area contributed by atoms with Crippen LogP contribution in [0.4, 0.5) is 0 Å². The van der Waals surface area contributed by atoms with Crippen molar-refractivity contribution in [1.29, 1.82) is 0 Å². The quantitative estimate of drug-likeness (QED) is 0.424. The van der Waals surface area contributed by atoms with Gasteiger partial charge in [-0.2, -0.15) is 0 Å². The summed E-state index contributed by atoms with van der Waals surface area (Å²) in [6.45, 7) is 5.66. The number of nitrogens with one attached hydrogen (secondary N) is 1. The van der Waals surface area contributed by atoms with Crippen LogP contribution in [0.3, 0.4) is 0 Å². The highest BCUT2D eigenvalue weighted by molar-refractivity contribution is 5.26. The molecular weight excluding hydrogens is 340 g/mol. The van der Waals surface area contributed by atoms with Gasteiger partial charge in [0.2, 0.25) is 0 Å². The van der Waals surface area contributed by atoms with Crippen LogP contribution in [0.5, 0.6) is 0 Å². The first-order valence-corrected chi connectivity index (χ1v) is 11.1. The molecule has 2 aromatic carbocycles. The molecule has 2 nitrogen and oxygen atoms in total. The maximum Gasteiger partial charge on any atom is 0.00805 e. The van der Waals surface area contributed by atoms with Gasteiger partial charge in [0.15, 0.2) is 0 Å². The van der Waals surface area contributed by atoms with Crippen molar-refractivity contribution in [2.75, 3.05) is 33.7 Å². The van der Waals surface area contributed by atoms with Crippen LogP contribution in [-0.2, 0) is 11.8 Å². The van der Waals surface area contributed by atoms with E-state index in [2.05, 4.69) is 91.9 Å². The van der Waals surface area contributed by atoms with Crippen molar-refractivity contribution in [1.82, 2.24) is 10.2 Å². The number of likely N-dealkylation sites (N-methyl/N-ethyl adjacent to an activating group) is 1. The topological polar surface area (TPSA) is 15.3 Å². The van der Waals surface area contributed by atoms with Crippen LogP contribution in [0.15, 0.2) is 60.7 Å². The van der Waals surface area contributed by atoms with Crippen molar-refractivity contribution in [2.24, 2.45) is 0 Å². The van der Waals surface area contributed by atoms with Gasteiger partial charge in [-0.3, -0.25) is 0 Å². The number of aryl methyl sites for hydroxylation is 1. The van der Waals surface area contributed by atoms with Crippen molar-refractivity contribution in [2.45, 2.75) is 57.3 Å². The Balaban J connectivity index is 1.84. The molecule has 2 heteroatoms. The van der Waals surface area contributed by atoms with Gasteiger partial charge in [0.1, 0.15) is 0 Å². The molecule has 0 aliphatic carbocycles. The van der Waals surface area contributed by atoms with E-state index in [1.165, 1.54) is 56.1 Å². The van der Waals surface area contributed by atoms with Crippen LogP contribution < -0.4 is 5.32 Å². The molecule has 0 saturated carbocycles. The molecule has 28 heavy (non-hydrogen) atoms. The highest BCUT2D eigenvalue weighted by Crippen LogP contribution is 2.35. The Kier molecular flexibility index (Phi) is 10.3. The minimum absolute atomic E-state index is 0.270. The molecule has 1 atom stereocenters. The van der Waals surface area contributed by atoms with E-state index in [1.807, 2.05) is 0 Å². The van der Waals surface area contributed by atoms with E-state index in [9.17, 15) is 0 Å². The lowest BCUT2D eigenvalue weighted by atomic mass is 9.72. The van der Waals surface area contributed by atoms with Gasteiger partial charge in [-0.1, -0.05) is 80.4 Å². The lowest BCUT2D eigenvalue weighted by Gasteiger charge is -2.37. The van der Waals surface area contributed by atoms with Crippen molar-refractivity contribution < 1.29 is 0 Å². The number of benzene rings is 2. The second kappa shape index (κ2) is 12.7. The molecule has 0 aliphatic rings. The molecule has 0 fully saturated rings. The molecule has 0 aromatic heterocycles. The minimum atomic E-state index is 0.270. The highest BCUT2D eigenvalue weighted by atomic mass is 15.1. The second-order valence-corrected chi connectivity index (χ2v) is 8.43. The Labute approximate surface area is 173 Å². The Morgan fingerprint density at radius 2 is 1.39 bits per heavy atom. The maximum absolute atomic E-state index is 3.68. The monoisotopic (exact) mass is 380 g/mol. The fraction of sp³-hybridized carbons (Fsp3) is 0.538. The summed E-state index contributed by atoms with van der Waals surface area (Å²) in [5.41, 5.74) is 3.23. The van der Waals surface area contributed by atoms with E-state index < -0.39 is 0 Å². The smallest absolute Gasteiger partial charge is 0.00805 e. The van der Waals surface area contributed by atoms with Crippen molar-refractivity contribution >= 4 is 0 Å². The zero-order valence-electron chi connectivity index (χ0n) is 18.3. The van der Waals surface area contributed by atoms with Gasteiger partial charge in [-0.15, -0.1) is 0 Å². The molecule has 1 unspecified atom stereocenters. The number of nitrogens with zero attached hydrogens (tertiary/aromatic N) is 1. The fourth-order valence-electron chi connectivity index (χ4n) is 4.31. The minimum Gasteiger partial charge on any atom is -0.317 e. The number of hydrogen-bond donors (Lipinski definition) is 1. The van der Waals surface area contributed by atoms with Crippen LogP contribution in [0.2, 0.25) is 0 Å². The number of hydrogen-bond acceptors (Lipinski definition) is 2. The summed E-state index contributed by atoms with van der Waals surface area (Å²) in [4.78, 5) is 2.37. The lowest BCUT2D eigenvalue weighted by molar-refractivity contribution is 0.241. The van der Waals surface area contributed by atoms with Crippen molar-refractivity contribution in [3.05, 3.63) is 71.8 Å². The zero-order chi connectivity index (χ0) is 20.1. The fourth-order valence-corrected chi connectivity index (χ4v) is 4.31. The summed E-state index contributed by atoms with van der Waals surface area (Å²) in [6, 6.07) is 22.0. The third kappa shape index (κ3) is 7.77. The van der Waals surface area contributed by atoms with Gasteiger partial charge >= 0.3 is 0 Å². The zero-order valence-corrected chi connectivity index (χ0v) is 18.3. The molecule has 1 N–H and O–H groups in total. The number of rotatable bonds is 14. The van der Waals surface area contributed by atoms with Gasteiger partial charge in [0, 0.05) is 12.0 Å². The average molecular weight is 381 g/mol. The lowest BCUT2D eigenvalue weighted by Crippen LogP contribution is -2.38. The maximum atomic E-state index is 3.68. The van der Waals surface area contributed by atoms with Crippen LogP contribution in [0, 0.1) is 0 Å². The molecule has 0 spiro atoms. The summed E-state index contributed by atoms with van der Waals surface area (Å²) < 4.78 is 0. The largest absolute Gasteiger partial charge is 0.317 e. The summed E-state index contributed by atoms with van der Waals surface area (Å²) in [5.74, 6) is 0. The molecule has 0 aliphatic heterocycles. The van der Waals surface area contributed by atoms with Gasteiger partial charge in [-0.25, -0.2) is 0 Å². The summed E-state index contributed by atoms with van der Waals surface area (Å²) in [6.07, 6.45) is 8.70. The van der Waals surface area contributed by atoms with E-state index in [4.69, 9.17) is 0 Å². The highest BCUT2D eigenvalue weighted by Gasteiger charge is 2.31. The van der Waals surface area contributed by atoms with Crippen molar-refractivity contribution in [3.63, 3.8) is 0 Å². The van der Waals surface area contributed by atoms with Crippen molar-refractivity contribution in [3.8, 4) is 0 Å². The molecule has 0 heterocycles. The first kappa shape index (κ1) is 22.6. The predicted octanol–water partition coefficient (Wildman–Crippen LogP) is 5.68. The molecule has 2 rings (SSSR count).